The van der Waals surface area contributed by atoms with Gasteiger partial charge in [0.2, 0.25) is 5.91 Å². The molecule has 1 aromatic heterocycles. The summed E-state index contributed by atoms with van der Waals surface area (Å²) in [5, 5.41) is 0. The highest BCUT2D eigenvalue weighted by molar-refractivity contribution is 5.80. The highest BCUT2D eigenvalue weighted by Gasteiger charge is 2.29. The van der Waals surface area contributed by atoms with E-state index in [-0.39, 0.29) is 11.8 Å². The molecule has 19 heavy (non-hydrogen) atoms. The molecule has 1 amide bonds. The van der Waals surface area contributed by atoms with Gasteiger partial charge in [0.25, 0.3) is 0 Å². The van der Waals surface area contributed by atoms with Gasteiger partial charge < -0.3 is 9.88 Å². The number of carbonyl (C=O) groups excluding carboxylic acids is 2. The molecular formula is C14H19N3O2. The Kier molecular flexibility index (Phi) is 4.53. The van der Waals surface area contributed by atoms with Crippen molar-refractivity contribution in [1.29, 1.82) is 0 Å². The highest BCUT2D eigenvalue weighted by atomic mass is 16.2. The first-order valence-corrected chi connectivity index (χ1v) is 6.78. The maximum absolute atomic E-state index is 12.0. The minimum Gasteiger partial charge on any atom is -0.348 e. The monoisotopic (exact) mass is 261 g/mol. The second-order valence-electron chi connectivity index (χ2n) is 4.89. The summed E-state index contributed by atoms with van der Waals surface area (Å²) in [4.78, 5) is 31.8. The molecule has 1 aromatic rings. The van der Waals surface area contributed by atoms with Crippen molar-refractivity contribution in [1.82, 2.24) is 14.9 Å². The Bertz CT molecular complexity index is 475. The van der Waals surface area contributed by atoms with Gasteiger partial charge in [-0.1, -0.05) is 13.3 Å². The summed E-state index contributed by atoms with van der Waals surface area (Å²) in [6.07, 6.45) is 7.19. The fourth-order valence-corrected chi connectivity index (χ4v) is 2.46. The molecule has 0 radical (unpaired) electrons. The molecule has 0 saturated carbocycles. The normalized spacial score (nSPS) is 19.3. The van der Waals surface area contributed by atoms with E-state index < -0.39 is 0 Å². The number of amides is 1. The first-order chi connectivity index (χ1) is 9.26. The number of piperidine rings is 1. The van der Waals surface area contributed by atoms with Gasteiger partial charge in [-0.25, -0.2) is 9.78 Å². The predicted octanol–water partition coefficient (Wildman–Crippen LogP) is 2.02. The molecule has 0 bridgehead atoms. The van der Waals surface area contributed by atoms with Crippen molar-refractivity contribution in [3.05, 3.63) is 23.9 Å². The Morgan fingerprint density at radius 1 is 1.63 bits per heavy atom. The van der Waals surface area contributed by atoms with Crippen molar-refractivity contribution in [2.75, 3.05) is 6.54 Å². The van der Waals surface area contributed by atoms with E-state index in [1.54, 1.807) is 17.4 Å². The van der Waals surface area contributed by atoms with Crippen molar-refractivity contribution in [3.63, 3.8) is 0 Å². The molecule has 2 rings (SSSR count). The second kappa shape index (κ2) is 6.34. The van der Waals surface area contributed by atoms with Crippen molar-refractivity contribution in [2.45, 2.75) is 44.9 Å². The third kappa shape index (κ3) is 3.12. The number of imidazole rings is 1. The quantitative estimate of drug-likeness (QED) is 0.843. The Morgan fingerprint density at radius 2 is 2.47 bits per heavy atom. The van der Waals surface area contributed by atoms with Crippen molar-refractivity contribution >= 4 is 11.8 Å². The third-order valence-corrected chi connectivity index (χ3v) is 3.59. The molecular weight excluding hydrogens is 242 g/mol. The van der Waals surface area contributed by atoms with Crippen LogP contribution in [0, 0.1) is 0 Å². The lowest BCUT2D eigenvalue weighted by atomic mass is 9.91. The zero-order chi connectivity index (χ0) is 13.7. The molecule has 0 aliphatic carbocycles. The predicted molar refractivity (Wildman–Crippen MR) is 71.0 cm³/mol. The van der Waals surface area contributed by atoms with E-state index in [4.69, 9.17) is 0 Å². The number of unbranched alkanes of at least 4 members (excludes halogenated alkanes) is 1. The van der Waals surface area contributed by atoms with E-state index in [0.29, 0.717) is 25.1 Å². The Morgan fingerprint density at radius 3 is 3.11 bits per heavy atom. The van der Waals surface area contributed by atoms with Gasteiger partial charge in [0.1, 0.15) is 11.6 Å². The van der Waals surface area contributed by atoms with Gasteiger partial charge in [-0.2, -0.15) is 0 Å². The molecule has 1 aliphatic heterocycles. The van der Waals surface area contributed by atoms with Crippen LogP contribution in [0.2, 0.25) is 0 Å². The molecule has 1 aliphatic rings. The van der Waals surface area contributed by atoms with Gasteiger partial charge in [0.05, 0.1) is 6.33 Å². The molecule has 2 heterocycles. The Balaban J connectivity index is 2.03. The number of aromatic nitrogens is 2. The molecule has 1 unspecified atom stereocenters. The maximum atomic E-state index is 12.0. The fraction of sp³-hybridized carbons (Fsp3) is 0.571. The number of hydrogen-bond donors (Lipinski definition) is 1. The van der Waals surface area contributed by atoms with E-state index in [2.05, 4.69) is 9.97 Å². The van der Waals surface area contributed by atoms with Gasteiger partial charge in [0, 0.05) is 37.2 Å². The van der Waals surface area contributed by atoms with Crippen LogP contribution < -0.4 is 0 Å². The number of likely N-dealkylation sites (tertiary alicyclic amines) is 1. The van der Waals surface area contributed by atoms with E-state index in [1.807, 2.05) is 12.9 Å². The fourth-order valence-electron chi connectivity index (χ4n) is 2.46. The summed E-state index contributed by atoms with van der Waals surface area (Å²) in [6, 6.07) is 0. The lowest BCUT2D eigenvalue weighted by Crippen LogP contribution is -2.36. The topological polar surface area (TPSA) is 66.1 Å². The summed E-state index contributed by atoms with van der Waals surface area (Å²) < 4.78 is 0. The lowest BCUT2D eigenvalue weighted by Gasteiger charge is -2.32. The molecule has 102 valence electrons. The lowest BCUT2D eigenvalue weighted by molar-refractivity contribution is -0.130. The van der Waals surface area contributed by atoms with Gasteiger partial charge >= 0.3 is 0 Å². The van der Waals surface area contributed by atoms with Crippen molar-refractivity contribution in [3.8, 4) is 0 Å². The number of hydrogen-bond acceptors (Lipinski definition) is 3. The van der Waals surface area contributed by atoms with Crippen LogP contribution in [0.25, 0.3) is 0 Å². The molecule has 1 atom stereocenters. The number of nitrogens with one attached hydrogen (secondary N) is 1. The van der Waals surface area contributed by atoms with Gasteiger partial charge in [0.15, 0.2) is 0 Å². The van der Waals surface area contributed by atoms with Crippen LogP contribution in [-0.4, -0.2) is 33.3 Å². The molecule has 1 N–H and O–H groups in total. The first-order valence-electron chi connectivity index (χ1n) is 6.78. The zero-order valence-electron chi connectivity index (χ0n) is 11.2. The minimum atomic E-state index is 0.0447. The summed E-state index contributed by atoms with van der Waals surface area (Å²) >= 11 is 0. The van der Waals surface area contributed by atoms with Gasteiger partial charge in [-0.15, -0.1) is 0 Å². The number of H-pyrrole nitrogens is 1. The molecule has 5 nitrogen and oxygen atoms in total. The number of nitrogens with zero attached hydrogens (tertiary/aromatic N) is 2. The number of rotatable bonds is 4. The maximum Gasteiger partial charge on any atom is 0.227 e. The zero-order valence-corrected chi connectivity index (χ0v) is 11.2. The first kappa shape index (κ1) is 13.6. The Hall–Kier alpha value is -1.87. The van der Waals surface area contributed by atoms with Gasteiger partial charge in [-0.05, 0) is 12.8 Å². The standard InChI is InChI=1S/C14H19N3O2/c1-2-3-4-14(19)17-6-5-11(7-12(17)9-18)13-8-15-10-16-13/h8,10-11H,2-7H2,1H3,(H,15,16). The average molecular weight is 261 g/mol. The molecule has 0 spiro atoms. The highest BCUT2D eigenvalue weighted by Crippen LogP contribution is 2.31. The minimum absolute atomic E-state index is 0.0447. The number of allylic oxidation sites excluding steroid dienone is 1. The van der Waals surface area contributed by atoms with E-state index in [0.717, 1.165) is 25.0 Å². The molecule has 1 fully saturated rings. The molecule has 0 aromatic carbocycles. The molecule has 5 heteroatoms. The average Bonchev–Trinajstić information content (AvgIpc) is 2.98. The van der Waals surface area contributed by atoms with Crippen LogP contribution in [0.15, 0.2) is 18.2 Å². The van der Waals surface area contributed by atoms with Crippen LogP contribution >= 0.6 is 0 Å². The third-order valence-electron chi connectivity index (χ3n) is 3.59. The van der Waals surface area contributed by atoms with Crippen LogP contribution in [0.4, 0.5) is 0 Å². The summed E-state index contributed by atoms with van der Waals surface area (Å²) in [5.74, 6) is 2.22. The Labute approximate surface area is 112 Å². The summed E-state index contributed by atoms with van der Waals surface area (Å²) in [7, 11) is 0. The smallest absolute Gasteiger partial charge is 0.227 e. The number of aromatic amines is 1. The van der Waals surface area contributed by atoms with E-state index in [9.17, 15) is 9.59 Å². The van der Waals surface area contributed by atoms with Gasteiger partial charge in [-0.3, -0.25) is 4.79 Å². The summed E-state index contributed by atoms with van der Waals surface area (Å²) in [6.45, 7) is 2.64. The van der Waals surface area contributed by atoms with Crippen LogP contribution in [0.1, 0.15) is 50.6 Å². The van der Waals surface area contributed by atoms with Crippen LogP contribution in [-0.2, 0) is 9.59 Å². The van der Waals surface area contributed by atoms with Crippen LogP contribution in [0.3, 0.4) is 0 Å². The summed E-state index contributed by atoms with van der Waals surface area (Å²) in [5.41, 5.74) is 1.50. The second-order valence-corrected chi connectivity index (χ2v) is 4.89. The van der Waals surface area contributed by atoms with E-state index >= 15 is 0 Å². The largest absolute Gasteiger partial charge is 0.348 e. The van der Waals surface area contributed by atoms with E-state index in [1.165, 1.54) is 0 Å². The van der Waals surface area contributed by atoms with Crippen LogP contribution in [0.5, 0.6) is 0 Å². The van der Waals surface area contributed by atoms with Crippen molar-refractivity contribution in [2.24, 2.45) is 0 Å². The SMILES string of the molecule is CCCCC(=O)N1CCC(c2cnc[nH]2)CC1=C=O. The van der Waals surface area contributed by atoms with Crippen molar-refractivity contribution < 1.29 is 9.59 Å². The molecule has 1 saturated heterocycles. The number of carbonyl (C=O) groups is 1.